The van der Waals surface area contributed by atoms with Crippen molar-refractivity contribution in [2.75, 3.05) is 0 Å². The molecule has 0 saturated carbocycles. The summed E-state index contributed by atoms with van der Waals surface area (Å²) in [4.78, 5) is 4.05. The molecule has 0 aromatic carbocycles. The van der Waals surface area contributed by atoms with E-state index in [0.29, 0.717) is 0 Å². The number of nitrogens with one attached hydrogen (secondary N) is 1. The summed E-state index contributed by atoms with van der Waals surface area (Å²) in [6.07, 6.45) is 3.64. The first-order valence-electron chi connectivity index (χ1n) is 4.99. The van der Waals surface area contributed by atoms with Crippen molar-refractivity contribution in [2.24, 2.45) is 0 Å². The van der Waals surface area contributed by atoms with Crippen LogP contribution < -0.4 is 5.32 Å². The molecule has 0 spiro atoms. The predicted molar refractivity (Wildman–Crippen MR) is 58.2 cm³/mol. The van der Waals surface area contributed by atoms with E-state index in [9.17, 15) is 0 Å². The summed E-state index contributed by atoms with van der Waals surface area (Å²) >= 11 is 0. The average Bonchev–Trinajstić information content (AvgIpc) is 2.66. The maximum absolute atomic E-state index is 5.44. The molecular formula is C12H14N2O. The van der Waals surface area contributed by atoms with E-state index in [1.165, 1.54) is 5.56 Å². The first-order valence-corrected chi connectivity index (χ1v) is 4.99. The van der Waals surface area contributed by atoms with E-state index in [0.717, 1.165) is 24.6 Å². The van der Waals surface area contributed by atoms with Crippen molar-refractivity contribution in [3.05, 3.63) is 53.7 Å². The van der Waals surface area contributed by atoms with Crippen molar-refractivity contribution in [1.29, 1.82) is 0 Å². The maximum Gasteiger partial charge on any atom is 0.117 e. The summed E-state index contributed by atoms with van der Waals surface area (Å²) in [6.45, 7) is 3.51. The normalized spacial score (nSPS) is 10.5. The Balaban J connectivity index is 1.80. The number of aromatic nitrogens is 1. The Morgan fingerprint density at radius 3 is 2.87 bits per heavy atom. The molecule has 0 atom stereocenters. The Hall–Kier alpha value is -1.61. The van der Waals surface area contributed by atoms with Gasteiger partial charge in [-0.15, -0.1) is 0 Å². The van der Waals surface area contributed by atoms with Crippen molar-refractivity contribution in [2.45, 2.75) is 20.0 Å². The number of furan rings is 1. The molecule has 0 aliphatic carbocycles. The minimum Gasteiger partial charge on any atom is -0.465 e. The summed E-state index contributed by atoms with van der Waals surface area (Å²) in [5.41, 5.74) is 1.18. The number of hydrogen-bond donors (Lipinski definition) is 1. The third kappa shape index (κ3) is 2.92. The fourth-order valence-corrected chi connectivity index (χ4v) is 1.41. The third-order valence-corrected chi connectivity index (χ3v) is 2.15. The number of aryl methyl sites for hydroxylation is 1. The summed E-state index contributed by atoms with van der Waals surface area (Å²) in [7, 11) is 0. The van der Waals surface area contributed by atoms with E-state index in [-0.39, 0.29) is 0 Å². The van der Waals surface area contributed by atoms with E-state index in [2.05, 4.69) is 10.3 Å². The van der Waals surface area contributed by atoms with Gasteiger partial charge in [0.15, 0.2) is 0 Å². The van der Waals surface area contributed by atoms with Crippen LogP contribution in [0, 0.1) is 6.92 Å². The number of nitrogens with zero attached hydrogens (tertiary/aromatic N) is 1. The van der Waals surface area contributed by atoms with Gasteiger partial charge in [-0.05, 0) is 30.7 Å². The number of pyridine rings is 1. The third-order valence-electron chi connectivity index (χ3n) is 2.15. The highest BCUT2D eigenvalue weighted by Crippen LogP contribution is 2.05. The second-order valence-corrected chi connectivity index (χ2v) is 3.48. The fraction of sp³-hybridized carbons (Fsp3) is 0.250. The first kappa shape index (κ1) is 9.93. The SMILES string of the molecule is Cc1ccc(CNCc2cccnc2)o1. The Bertz CT molecular complexity index is 409. The zero-order valence-corrected chi connectivity index (χ0v) is 8.73. The molecule has 2 rings (SSSR count). The van der Waals surface area contributed by atoms with Crippen LogP contribution in [0.15, 0.2) is 41.1 Å². The fourth-order valence-electron chi connectivity index (χ4n) is 1.41. The van der Waals surface area contributed by atoms with E-state index in [1.54, 1.807) is 6.20 Å². The van der Waals surface area contributed by atoms with Gasteiger partial charge in [-0.1, -0.05) is 6.07 Å². The molecule has 3 heteroatoms. The molecule has 0 amide bonds. The van der Waals surface area contributed by atoms with Gasteiger partial charge < -0.3 is 9.73 Å². The molecule has 78 valence electrons. The predicted octanol–water partition coefficient (Wildman–Crippen LogP) is 2.27. The van der Waals surface area contributed by atoms with Crippen molar-refractivity contribution in [1.82, 2.24) is 10.3 Å². The van der Waals surface area contributed by atoms with Crippen LogP contribution >= 0.6 is 0 Å². The highest BCUT2D eigenvalue weighted by Gasteiger charge is 1.97. The van der Waals surface area contributed by atoms with Gasteiger partial charge >= 0.3 is 0 Å². The van der Waals surface area contributed by atoms with Gasteiger partial charge in [0.05, 0.1) is 6.54 Å². The molecule has 2 aromatic rings. The topological polar surface area (TPSA) is 38.1 Å². The molecule has 0 aliphatic heterocycles. The molecule has 2 heterocycles. The molecule has 0 bridgehead atoms. The minimum atomic E-state index is 0.753. The molecule has 0 radical (unpaired) electrons. The quantitative estimate of drug-likeness (QED) is 0.826. The zero-order valence-electron chi connectivity index (χ0n) is 8.73. The van der Waals surface area contributed by atoms with Crippen LogP contribution in [0.5, 0.6) is 0 Å². The molecule has 0 saturated heterocycles. The van der Waals surface area contributed by atoms with Crippen LogP contribution in [0.1, 0.15) is 17.1 Å². The molecular weight excluding hydrogens is 188 g/mol. The van der Waals surface area contributed by atoms with E-state index in [1.807, 2.05) is 37.4 Å². The molecule has 0 unspecified atom stereocenters. The van der Waals surface area contributed by atoms with Crippen LogP contribution in [0.3, 0.4) is 0 Å². The lowest BCUT2D eigenvalue weighted by molar-refractivity contribution is 0.461. The summed E-state index contributed by atoms with van der Waals surface area (Å²) < 4.78 is 5.44. The second kappa shape index (κ2) is 4.75. The van der Waals surface area contributed by atoms with Gasteiger partial charge in [-0.2, -0.15) is 0 Å². The molecule has 2 aromatic heterocycles. The lowest BCUT2D eigenvalue weighted by atomic mass is 10.3. The summed E-state index contributed by atoms with van der Waals surface area (Å²) in [6, 6.07) is 7.95. The zero-order chi connectivity index (χ0) is 10.5. The van der Waals surface area contributed by atoms with Crippen LogP contribution in [-0.2, 0) is 13.1 Å². The first-order chi connectivity index (χ1) is 7.34. The Labute approximate surface area is 89.1 Å². The highest BCUT2D eigenvalue weighted by molar-refractivity contribution is 5.09. The van der Waals surface area contributed by atoms with Gasteiger partial charge in [-0.3, -0.25) is 4.98 Å². The van der Waals surface area contributed by atoms with E-state index >= 15 is 0 Å². The highest BCUT2D eigenvalue weighted by atomic mass is 16.3. The van der Waals surface area contributed by atoms with Crippen LogP contribution in [-0.4, -0.2) is 4.98 Å². The smallest absolute Gasteiger partial charge is 0.117 e. The van der Waals surface area contributed by atoms with Crippen LogP contribution in [0.4, 0.5) is 0 Å². The molecule has 0 aliphatic rings. The van der Waals surface area contributed by atoms with Crippen LogP contribution in [0.2, 0.25) is 0 Å². The van der Waals surface area contributed by atoms with Gasteiger partial charge in [0.25, 0.3) is 0 Å². The minimum absolute atomic E-state index is 0.753. The summed E-state index contributed by atoms with van der Waals surface area (Å²) in [5.74, 6) is 1.92. The lowest BCUT2D eigenvalue weighted by Gasteiger charge is -2.01. The van der Waals surface area contributed by atoms with Gasteiger partial charge in [0, 0.05) is 18.9 Å². The lowest BCUT2D eigenvalue weighted by Crippen LogP contribution is -2.12. The Morgan fingerprint density at radius 1 is 1.27 bits per heavy atom. The average molecular weight is 202 g/mol. The monoisotopic (exact) mass is 202 g/mol. The van der Waals surface area contributed by atoms with Gasteiger partial charge in [0.2, 0.25) is 0 Å². The number of hydrogen-bond acceptors (Lipinski definition) is 3. The Kier molecular flexibility index (Phi) is 3.15. The molecule has 15 heavy (non-hydrogen) atoms. The van der Waals surface area contributed by atoms with E-state index in [4.69, 9.17) is 4.42 Å². The van der Waals surface area contributed by atoms with Crippen molar-refractivity contribution in [3.63, 3.8) is 0 Å². The molecule has 0 fully saturated rings. The maximum atomic E-state index is 5.44. The van der Waals surface area contributed by atoms with Gasteiger partial charge in [-0.25, -0.2) is 0 Å². The Morgan fingerprint density at radius 2 is 2.20 bits per heavy atom. The standard InChI is InChI=1S/C12H14N2O/c1-10-4-5-12(15-10)9-14-8-11-3-2-6-13-7-11/h2-7,14H,8-9H2,1H3. The number of rotatable bonds is 4. The van der Waals surface area contributed by atoms with E-state index < -0.39 is 0 Å². The molecule has 1 N–H and O–H groups in total. The summed E-state index contributed by atoms with van der Waals surface area (Å²) in [5, 5.41) is 3.30. The second-order valence-electron chi connectivity index (χ2n) is 3.48. The van der Waals surface area contributed by atoms with Crippen molar-refractivity contribution in [3.8, 4) is 0 Å². The molecule has 3 nitrogen and oxygen atoms in total. The van der Waals surface area contributed by atoms with Crippen LogP contribution in [0.25, 0.3) is 0 Å². The van der Waals surface area contributed by atoms with Crippen molar-refractivity contribution < 1.29 is 4.42 Å². The largest absolute Gasteiger partial charge is 0.465 e. The van der Waals surface area contributed by atoms with Gasteiger partial charge in [0.1, 0.15) is 11.5 Å². The van der Waals surface area contributed by atoms with Crippen molar-refractivity contribution >= 4 is 0 Å².